The SMILES string of the molecule is COc1ccccc1[C@H]1CN(CC(=O)N(C)[C@H](C)c2nccs2)Cc2ccccc2O1. The maximum Gasteiger partial charge on any atom is 0.237 e. The molecule has 3 aromatic rings. The van der Waals surface area contributed by atoms with Crippen LogP contribution < -0.4 is 9.47 Å². The second kappa shape index (κ2) is 9.49. The van der Waals surface area contributed by atoms with E-state index in [1.807, 2.05) is 61.8 Å². The lowest BCUT2D eigenvalue weighted by Gasteiger charge is -2.28. The van der Waals surface area contributed by atoms with Crippen molar-refractivity contribution in [2.24, 2.45) is 0 Å². The van der Waals surface area contributed by atoms with E-state index in [0.29, 0.717) is 19.6 Å². The molecule has 0 fully saturated rings. The Balaban J connectivity index is 1.57. The van der Waals surface area contributed by atoms with E-state index in [4.69, 9.17) is 9.47 Å². The zero-order valence-corrected chi connectivity index (χ0v) is 18.8. The fraction of sp³-hybridized carbons (Fsp3) is 0.333. The van der Waals surface area contributed by atoms with E-state index >= 15 is 0 Å². The summed E-state index contributed by atoms with van der Waals surface area (Å²) in [6, 6.07) is 15.8. The van der Waals surface area contributed by atoms with Gasteiger partial charge in [0.25, 0.3) is 0 Å². The highest BCUT2D eigenvalue weighted by Gasteiger charge is 2.29. The van der Waals surface area contributed by atoms with Crippen molar-refractivity contribution in [2.45, 2.75) is 25.6 Å². The first kappa shape index (κ1) is 21.3. The predicted molar refractivity (Wildman–Crippen MR) is 121 cm³/mol. The number of hydrogen-bond donors (Lipinski definition) is 0. The van der Waals surface area contributed by atoms with Gasteiger partial charge in [-0.2, -0.15) is 0 Å². The smallest absolute Gasteiger partial charge is 0.237 e. The average Bonchev–Trinajstić information content (AvgIpc) is 3.27. The maximum absolute atomic E-state index is 13.1. The van der Waals surface area contributed by atoms with Gasteiger partial charge in [-0.25, -0.2) is 4.98 Å². The summed E-state index contributed by atoms with van der Waals surface area (Å²) < 4.78 is 12.0. The molecule has 0 bridgehead atoms. The van der Waals surface area contributed by atoms with Crippen LogP contribution in [0.1, 0.15) is 35.2 Å². The Labute approximate surface area is 187 Å². The van der Waals surface area contributed by atoms with E-state index in [-0.39, 0.29) is 18.1 Å². The van der Waals surface area contributed by atoms with Crippen molar-refractivity contribution in [1.29, 1.82) is 0 Å². The topological polar surface area (TPSA) is 54.9 Å². The van der Waals surface area contributed by atoms with Crippen LogP contribution in [0.5, 0.6) is 11.5 Å². The molecule has 2 aromatic carbocycles. The van der Waals surface area contributed by atoms with E-state index in [0.717, 1.165) is 27.6 Å². The van der Waals surface area contributed by atoms with Crippen molar-refractivity contribution in [3.8, 4) is 11.5 Å². The number of para-hydroxylation sites is 2. The van der Waals surface area contributed by atoms with Gasteiger partial charge in [-0.3, -0.25) is 9.69 Å². The summed E-state index contributed by atoms with van der Waals surface area (Å²) in [5, 5.41) is 2.87. The summed E-state index contributed by atoms with van der Waals surface area (Å²) in [5.74, 6) is 1.69. The molecule has 0 aliphatic carbocycles. The van der Waals surface area contributed by atoms with Crippen molar-refractivity contribution in [1.82, 2.24) is 14.8 Å². The number of methoxy groups -OCH3 is 1. The van der Waals surface area contributed by atoms with Crippen LogP contribution in [0.2, 0.25) is 0 Å². The maximum atomic E-state index is 13.1. The minimum Gasteiger partial charge on any atom is -0.496 e. The highest BCUT2D eigenvalue weighted by molar-refractivity contribution is 7.09. The first-order valence-electron chi connectivity index (χ1n) is 10.3. The summed E-state index contributed by atoms with van der Waals surface area (Å²) >= 11 is 1.57. The number of amides is 1. The van der Waals surface area contributed by atoms with E-state index in [1.165, 1.54) is 0 Å². The van der Waals surface area contributed by atoms with Gasteiger partial charge < -0.3 is 14.4 Å². The lowest BCUT2D eigenvalue weighted by atomic mass is 10.1. The van der Waals surface area contributed by atoms with Crippen LogP contribution in [-0.2, 0) is 11.3 Å². The molecular weight excluding hydrogens is 410 g/mol. The van der Waals surface area contributed by atoms with Crippen LogP contribution in [0.25, 0.3) is 0 Å². The van der Waals surface area contributed by atoms with Crippen molar-refractivity contribution in [3.05, 3.63) is 76.2 Å². The molecule has 1 aliphatic heterocycles. The average molecular weight is 438 g/mol. The molecule has 0 N–H and O–H groups in total. The summed E-state index contributed by atoms with van der Waals surface area (Å²) in [7, 11) is 3.51. The molecule has 2 atom stereocenters. The van der Waals surface area contributed by atoms with Crippen molar-refractivity contribution in [2.75, 3.05) is 27.2 Å². The van der Waals surface area contributed by atoms with Gasteiger partial charge in [0.05, 0.1) is 19.7 Å². The minimum atomic E-state index is -0.241. The summed E-state index contributed by atoms with van der Waals surface area (Å²) in [6.45, 7) is 3.54. The zero-order chi connectivity index (χ0) is 21.8. The van der Waals surface area contributed by atoms with Gasteiger partial charge in [-0.15, -0.1) is 11.3 Å². The number of thiazole rings is 1. The monoisotopic (exact) mass is 437 g/mol. The van der Waals surface area contributed by atoms with E-state index in [9.17, 15) is 4.79 Å². The molecule has 162 valence electrons. The van der Waals surface area contributed by atoms with Crippen LogP contribution in [-0.4, -0.2) is 47.9 Å². The third kappa shape index (κ3) is 4.73. The Morgan fingerprint density at radius 2 is 2.06 bits per heavy atom. The van der Waals surface area contributed by atoms with Gasteiger partial charge in [0.2, 0.25) is 5.91 Å². The number of hydrogen-bond acceptors (Lipinski definition) is 6. The van der Waals surface area contributed by atoms with E-state index in [1.54, 1.807) is 29.5 Å². The Hall–Kier alpha value is -2.90. The quantitative estimate of drug-likeness (QED) is 0.575. The molecule has 0 unspecified atom stereocenters. The highest BCUT2D eigenvalue weighted by Crippen LogP contribution is 2.34. The molecule has 7 heteroatoms. The van der Waals surface area contributed by atoms with Crippen LogP contribution in [0.3, 0.4) is 0 Å². The van der Waals surface area contributed by atoms with Gasteiger partial charge in [0.1, 0.15) is 22.6 Å². The number of aromatic nitrogens is 1. The molecule has 0 saturated carbocycles. The van der Waals surface area contributed by atoms with Crippen molar-refractivity contribution >= 4 is 17.2 Å². The van der Waals surface area contributed by atoms with Gasteiger partial charge in [-0.05, 0) is 19.1 Å². The highest BCUT2D eigenvalue weighted by atomic mass is 32.1. The molecule has 4 rings (SSSR count). The van der Waals surface area contributed by atoms with Crippen molar-refractivity contribution in [3.63, 3.8) is 0 Å². The molecule has 0 radical (unpaired) electrons. The first-order chi connectivity index (χ1) is 15.1. The summed E-state index contributed by atoms with van der Waals surface area (Å²) in [6.07, 6.45) is 1.53. The van der Waals surface area contributed by atoms with E-state index < -0.39 is 0 Å². The van der Waals surface area contributed by atoms with Gasteiger partial charge in [0.15, 0.2) is 0 Å². The third-order valence-electron chi connectivity index (χ3n) is 5.69. The largest absolute Gasteiger partial charge is 0.496 e. The van der Waals surface area contributed by atoms with Gasteiger partial charge in [-0.1, -0.05) is 36.4 Å². The van der Waals surface area contributed by atoms with Crippen LogP contribution in [0, 0.1) is 0 Å². The van der Waals surface area contributed by atoms with Gasteiger partial charge in [0, 0.05) is 42.8 Å². The van der Waals surface area contributed by atoms with E-state index in [2.05, 4.69) is 16.0 Å². The number of carbonyl (C=O) groups excluding carboxylic acids is 1. The molecule has 1 aromatic heterocycles. The first-order valence-corrected chi connectivity index (χ1v) is 11.2. The fourth-order valence-corrected chi connectivity index (χ4v) is 4.56. The molecule has 6 nitrogen and oxygen atoms in total. The van der Waals surface area contributed by atoms with Crippen LogP contribution in [0.4, 0.5) is 0 Å². The molecule has 1 aliphatic rings. The zero-order valence-electron chi connectivity index (χ0n) is 18.0. The minimum absolute atomic E-state index is 0.0563. The molecule has 0 saturated heterocycles. The number of likely N-dealkylation sites (N-methyl/N-ethyl adjacent to an activating group) is 1. The molecule has 1 amide bonds. The predicted octanol–water partition coefficient (Wildman–Crippen LogP) is 4.31. The Bertz CT molecular complexity index is 1020. The normalized spacial score (nSPS) is 17.2. The van der Waals surface area contributed by atoms with Gasteiger partial charge >= 0.3 is 0 Å². The molecule has 31 heavy (non-hydrogen) atoms. The third-order valence-corrected chi connectivity index (χ3v) is 6.63. The Kier molecular flexibility index (Phi) is 6.53. The lowest BCUT2D eigenvalue weighted by molar-refractivity contribution is -0.133. The molecule has 0 spiro atoms. The summed E-state index contributed by atoms with van der Waals surface area (Å²) in [5.41, 5.74) is 2.05. The number of fused-ring (bicyclic) bond motifs is 1. The van der Waals surface area contributed by atoms with Crippen LogP contribution in [0.15, 0.2) is 60.1 Å². The number of carbonyl (C=O) groups is 1. The van der Waals surface area contributed by atoms with Crippen molar-refractivity contribution < 1.29 is 14.3 Å². The van der Waals surface area contributed by atoms with Crippen LogP contribution >= 0.6 is 11.3 Å². The Morgan fingerprint density at radius 1 is 1.29 bits per heavy atom. The second-order valence-electron chi connectivity index (χ2n) is 7.68. The second-order valence-corrected chi connectivity index (χ2v) is 8.60. The lowest BCUT2D eigenvalue weighted by Crippen LogP contribution is -2.40. The molecular formula is C24H27N3O3S. The molecule has 2 heterocycles. The standard InChI is InChI=1S/C24H27N3O3S/c1-17(24-25-12-13-31-24)26(2)23(28)16-27-14-18-8-4-6-10-20(18)30-22(15-27)19-9-5-7-11-21(19)29-3/h4-13,17,22H,14-16H2,1-3H3/t17-,22-/m1/s1. The number of benzene rings is 2. The number of ether oxygens (including phenoxy) is 2. The fourth-order valence-electron chi connectivity index (χ4n) is 3.82. The Morgan fingerprint density at radius 3 is 2.84 bits per heavy atom. The number of rotatable bonds is 6. The number of nitrogens with zero attached hydrogens (tertiary/aromatic N) is 3. The summed E-state index contributed by atoms with van der Waals surface area (Å²) in [4.78, 5) is 21.4.